The summed E-state index contributed by atoms with van der Waals surface area (Å²) in [5, 5.41) is 10.0. The molecule has 0 aromatic heterocycles. The molecule has 0 spiro atoms. The highest BCUT2D eigenvalue weighted by Gasteiger charge is 2.43. The van der Waals surface area contributed by atoms with Crippen LogP contribution in [0.15, 0.2) is 41.4 Å². The fraction of sp³-hybridized carbons (Fsp3) is 0.400. The molecule has 1 amide bonds. The number of amides is 1. The van der Waals surface area contributed by atoms with Gasteiger partial charge in [-0.1, -0.05) is 12.1 Å². The molecule has 4 rings (SSSR count). The lowest BCUT2D eigenvalue weighted by Gasteiger charge is -2.36. The molecule has 0 radical (unpaired) electrons. The van der Waals surface area contributed by atoms with Crippen molar-refractivity contribution in [2.75, 3.05) is 20.8 Å². The Morgan fingerprint density at radius 1 is 0.938 bits per heavy atom. The van der Waals surface area contributed by atoms with Gasteiger partial charge in [0.05, 0.1) is 26.7 Å². The third-order valence-electron chi connectivity index (χ3n) is 6.27. The van der Waals surface area contributed by atoms with Gasteiger partial charge in [0.2, 0.25) is 5.91 Å². The Morgan fingerprint density at radius 2 is 1.66 bits per heavy atom. The Balaban J connectivity index is 1.64. The quantitative estimate of drug-likeness (QED) is 0.733. The molecule has 2 aromatic carbocycles. The Labute approximate surface area is 187 Å². The maximum Gasteiger partial charge on any atom is 0.246 e. The highest BCUT2D eigenvalue weighted by Crippen LogP contribution is 2.44. The number of phenols is 1. The van der Waals surface area contributed by atoms with E-state index in [9.17, 15) is 14.7 Å². The van der Waals surface area contributed by atoms with Crippen molar-refractivity contribution in [3.8, 4) is 23.0 Å². The number of benzene rings is 2. The average Bonchev–Trinajstić information content (AvgIpc) is 2.79. The molecule has 3 unspecified atom stereocenters. The van der Waals surface area contributed by atoms with Gasteiger partial charge in [-0.15, -0.1) is 0 Å². The summed E-state index contributed by atoms with van der Waals surface area (Å²) in [6, 6.07) is 10.7. The van der Waals surface area contributed by atoms with Crippen molar-refractivity contribution in [3.63, 3.8) is 0 Å². The number of methoxy groups -OCH3 is 2. The van der Waals surface area contributed by atoms with Gasteiger partial charge >= 0.3 is 0 Å². The topological polar surface area (TPSA) is 94.4 Å². The van der Waals surface area contributed by atoms with E-state index in [0.717, 1.165) is 11.1 Å². The molecule has 2 aromatic rings. The zero-order chi connectivity index (χ0) is 22.8. The van der Waals surface area contributed by atoms with Crippen LogP contribution in [-0.4, -0.2) is 43.3 Å². The molecule has 168 valence electrons. The van der Waals surface area contributed by atoms with Gasteiger partial charge in [0, 0.05) is 24.5 Å². The van der Waals surface area contributed by atoms with Gasteiger partial charge in [0.15, 0.2) is 23.0 Å². The van der Waals surface area contributed by atoms with Crippen LogP contribution in [-0.2, 0) is 9.59 Å². The second-order valence-corrected chi connectivity index (χ2v) is 8.13. The lowest BCUT2D eigenvalue weighted by Crippen LogP contribution is -2.40. The Morgan fingerprint density at radius 3 is 2.38 bits per heavy atom. The third kappa shape index (κ3) is 4.07. The summed E-state index contributed by atoms with van der Waals surface area (Å²) in [6.07, 6.45) is 1.06. The first-order chi connectivity index (χ1) is 15.4. The van der Waals surface area contributed by atoms with Crippen LogP contribution < -0.4 is 14.2 Å². The average molecular weight is 437 g/mol. The molecular formula is C25H27NO6. The number of ketones is 1. The first-order valence-electron chi connectivity index (χ1n) is 10.8. The summed E-state index contributed by atoms with van der Waals surface area (Å²) in [5.41, 5.74) is 2.39. The van der Waals surface area contributed by atoms with E-state index in [1.807, 2.05) is 25.1 Å². The molecular weight excluding hydrogens is 410 g/mol. The lowest BCUT2D eigenvalue weighted by molar-refractivity contribution is -0.124. The number of Topliss-reactive ketones (excluding diaryl/α,β-unsaturated/α-hetero) is 1. The van der Waals surface area contributed by atoms with Crippen molar-refractivity contribution in [2.45, 2.75) is 38.0 Å². The molecule has 32 heavy (non-hydrogen) atoms. The molecule has 1 aliphatic carbocycles. The molecule has 3 atom stereocenters. The van der Waals surface area contributed by atoms with E-state index in [4.69, 9.17) is 14.2 Å². The number of nitrogens with zero attached hydrogens (tertiary/aromatic N) is 1. The number of ether oxygens (including phenoxy) is 3. The maximum absolute atomic E-state index is 13.3. The van der Waals surface area contributed by atoms with Crippen LogP contribution in [0.3, 0.4) is 0 Å². The van der Waals surface area contributed by atoms with Crippen LogP contribution in [0.5, 0.6) is 23.0 Å². The zero-order valence-electron chi connectivity index (χ0n) is 18.5. The van der Waals surface area contributed by atoms with Gasteiger partial charge in [0.1, 0.15) is 5.78 Å². The minimum atomic E-state index is -0.442. The Bertz CT molecular complexity index is 1080. The SMILES string of the molecule is CCOc1cc(C2CC(=O)N=C3CC(c4ccc(OC)c(OC)c4)CC(=O)C32)ccc1O. The Kier molecular flexibility index (Phi) is 6.17. The van der Waals surface area contributed by atoms with Crippen molar-refractivity contribution in [2.24, 2.45) is 10.9 Å². The molecule has 1 heterocycles. The van der Waals surface area contributed by atoms with E-state index in [1.54, 1.807) is 32.4 Å². The summed E-state index contributed by atoms with van der Waals surface area (Å²) in [5.74, 6) is 0.625. The number of fused-ring (bicyclic) bond motifs is 1. The monoisotopic (exact) mass is 437 g/mol. The molecule has 1 N–H and O–H groups in total. The van der Waals surface area contributed by atoms with Crippen LogP contribution in [0.4, 0.5) is 0 Å². The minimum Gasteiger partial charge on any atom is -0.504 e. The number of hydrogen-bond acceptors (Lipinski definition) is 6. The zero-order valence-corrected chi connectivity index (χ0v) is 18.5. The summed E-state index contributed by atoms with van der Waals surface area (Å²) in [6.45, 7) is 2.24. The van der Waals surface area contributed by atoms with Crippen molar-refractivity contribution >= 4 is 17.4 Å². The van der Waals surface area contributed by atoms with Crippen molar-refractivity contribution in [1.29, 1.82) is 0 Å². The molecule has 1 aliphatic heterocycles. The van der Waals surface area contributed by atoms with Gasteiger partial charge in [0.25, 0.3) is 0 Å². The number of aliphatic imine (C=N–C) groups is 1. The van der Waals surface area contributed by atoms with E-state index in [0.29, 0.717) is 42.4 Å². The number of rotatable bonds is 6. The van der Waals surface area contributed by atoms with Gasteiger partial charge < -0.3 is 19.3 Å². The largest absolute Gasteiger partial charge is 0.504 e. The number of aromatic hydroxyl groups is 1. The molecule has 0 bridgehead atoms. The highest BCUT2D eigenvalue weighted by atomic mass is 16.5. The summed E-state index contributed by atoms with van der Waals surface area (Å²) < 4.78 is 16.2. The van der Waals surface area contributed by atoms with Crippen LogP contribution in [0.1, 0.15) is 49.1 Å². The maximum atomic E-state index is 13.3. The van der Waals surface area contributed by atoms with Crippen LogP contribution >= 0.6 is 0 Å². The first kappa shape index (κ1) is 21.9. The van der Waals surface area contributed by atoms with Crippen molar-refractivity contribution in [1.82, 2.24) is 0 Å². The molecule has 1 fully saturated rings. The van der Waals surface area contributed by atoms with Gasteiger partial charge in [-0.2, -0.15) is 0 Å². The highest BCUT2D eigenvalue weighted by molar-refractivity contribution is 6.13. The van der Waals surface area contributed by atoms with Crippen molar-refractivity contribution in [3.05, 3.63) is 47.5 Å². The second kappa shape index (κ2) is 9.02. The standard InChI is InChI=1S/C25H27NO6/c1-4-32-22-12-15(5-7-19(22)27)17-13-24(29)26-18-9-16(10-20(28)25(17)18)14-6-8-21(30-2)23(11-14)31-3/h5-8,11-12,16-17,25,27H,4,9-10,13H2,1-3H3. The predicted octanol–water partition coefficient (Wildman–Crippen LogP) is 4.03. The fourth-order valence-electron chi connectivity index (χ4n) is 4.78. The molecule has 2 aliphatic rings. The second-order valence-electron chi connectivity index (χ2n) is 8.13. The van der Waals surface area contributed by atoms with E-state index in [1.165, 1.54) is 0 Å². The first-order valence-corrected chi connectivity index (χ1v) is 10.8. The minimum absolute atomic E-state index is 0.0371. The molecule has 1 saturated carbocycles. The predicted molar refractivity (Wildman–Crippen MR) is 119 cm³/mol. The van der Waals surface area contributed by atoms with E-state index in [2.05, 4.69) is 4.99 Å². The van der Waals surface area contributed by atoms with E-state index >= 15 is 0 Å². The van der Waals surface area contributed by atoms with Gasteiger partial charge in [-0.25, -0.2) is 4.99 Å². The summed E-state index contributed by atoms with van der Waals surface area (Å²) in [4.78, 5) is 30.1. The lowest BCUT2D eigenvalue weighted by atomic mass is 9.67. The van der Waals surface area contributed by atoms with Gasteiger partial charge in [-0.3, -0.25) is 9.59 Å². The van der Waals surface area contributed by atoms with Gasteiger partial charge in [-0.05, 0) is 54.7 Å². The number of phenolic OH excluding ortho intramolecular Hbond substituents is 1. The molecule has 7 heteroatoms. The summed E-state index contributed by atoms with van der Waals surface area (Å²) in [7, 11) is 3.15. The number of carbonyl (C=O) groups excluding carboxylic acids is 2. The third-order valence-corrected chi connectivity index (χ3v) is 6.27. The van der Waals surface area contributed by atoms with Crippen molar-refractivity contribution < 1.29 is 28.9 Å². The smallest absolute Gasteiger partial charge is 0.246 e. The number of hydrogen-bond donors (Lipinski definition) is 1. The van der Waals surface area contributed by atoms with E-state index in [-0.39, 0.29) is 35.7 Å². The van der Waals surface area contributed by atoms with Crippen LogP contribution in [0.25, 0.3) is 0 Å². The normalized spacial score (nSPS) is 22.7. The number of carbonyl (C=O) groups is 2. The fourth-order valence-corrected chi connectivity index (χ4v) is 4.78. The van der Waals surface area contributed by atoms with E-state index < -0.39 is 5.92 Å². The molecule has 7 nitrogen and oxygen atoms in total. The van der Waals surface area contributed by atoms with Crippen LogP contribution in [0, 0.1) is 5.92 Å². The summed E-state index contributed by atoms with van der Waals surface area (Å²) >= 11 is 0. The Hall–Kier alpha value is -3.35. The van der Waals surface area contributed by atoms with Crippen LogP contribution in [0.2, 0.25) is 0 Å². The molecule has 0 saturated heterocycles.